The third-order valence-corrected chi connectivity index (χ3v) is 5.51. The van der Waals surface area contributed by atoms with Crippen LogP contribution < -0.4 is 0 Å². The zero-order valence-electron chi connectivity index (χ0n) is 13.0. The summed E-state index contributed by atoms with van der Waals surface area (Å²) in [6.07, 6.45) is 0. The van der Waals surface area contributed by atoms with E-state index in [1.807, 2.05) is 41.6 Å². The number of amidine groups is 1. The van der Waals surface area contributed by atoms with Gasteiger partial charge in [-0.1, -0.05) is 42.1 Å². The lowest BCUT2D eigenvalue weighted by Gasteiger charge is -2.22. The predicted molar refractivity (Wildman–Crippen MR) is 98.1 cm³/mol. The molecule has 5 heteroatoms. The largest absolute Gasteiger partial charge is 0.256 e. The van der Waals surface area contributed by atoms with Crippen molar-refractivity contribution in [1.82, 2.24) is 5.01 Å². The highest BCUT2D eigenvalue weighted by Gasteiger charge is 2.19. The lowest BCUT2D eigenvalue weighted by atomic mass is 10.2. The Bertz CT molecular complexity index is 717. The van der Waals surface area contributed by atoms with Crippen molar-refractivity contribution in [2.45, 2.75) is 20.4 Å². The fraction of sp³-hybridized carbons (Fsp3) is 0.294. The van der Waals surface area contributed by atoms with Gasteiger partial charge < -0.3 is 0 Å². The summed E-state index contributed by atoms with van der Waals surface area (Å²) >= 11 is 3.59. The molecule has 3 nitrogen and oxygen atoms in total. The zero-order valence-corrected chi connectivity index (χ0v) is 14.7. The summed E-state index contributed by atoms with van der Waals surface area (Å²) < 4.78 is 0. The number of benzene rings is 1. The number of rotatable bonds is 3. The fourth-order valence-corrected chi connectivity index (χ4v) is 4.23. The number of thiophene rings is 1. The smallest absolute Gasteiger partial charge is 0.180 e. The van der Waals surface area contributed by atoms with E-state index in [4.69, 9.17) is 10.1 Å². The van der Waals surface area contributed by atoms with Crippen LogP contribution in [0, 0.1) is 13.8 Å². The number of hydrogen-bond donors (Lipinski definition) is 0. The van der Waals surface area contributed by atoms with Crippen molar-refractivity contribution < 1.29 is 0 Å². The molecule has 0 bridgehead atoms. The minimum Gasteiger partial charge on any atom is -0.256 e. The number of aryl methyl sites for hydroxylation is 2. The standard InChI is InChI=1S/C17H19N3S2/c1-12-9-15(13(2)22-12)16-11-21-17(20(3)19-16)18-10-14-7-5-4-6-8-14/h4-9H,10-11H2,1-3H3. The average Bonchev–Trinajstić information content (AvgIpc) is 2.86. The summed E-state index contributed by atoms with van der Waals surface area (Å²) in [5.41, 5.74) is 3.65. The Morgan fingerprint density at radius 1 is 1.23 bits per heavy atom. The van der Waals surface area contributed by atoms with E-state index in [0.717, 1.165) is 16.6 Å². The molecule has 0 saturated carbocycles. The monoisotopic (exact) mass is 329 g/mol. The topological polar surface area (TPSA) is 28.0 Å². The molecule has 1 aliphatic heterocycles. The molecule has 3 rings (SSSR count). The van der Waals surface area contributed by atoms with Crippen LogP contribution >= 0.6 is 23.1 Å². The first-order valence-corrected chi connectivity index (χ1v) is 9.03. The Morgan fingerprint density at radius 2 is 2.00 bits per heavy atom. The van der Waals surface area contributed by atoms with Crippen molar-refractivity contribution in [2.75, 3.05) is 12.8 Å². The third-order valence-electron chi connectivity index (χ3n) is 3.48. The van der Waals surface area contributed by atoms with Gasteiger partial charge in [-0.15, -0.1) is 11.3 Å². The van der Waals surface area contributed by atoms with Crippen LogP contribution in [-0.2, 0) is 6.54 Å². The van der Waals surface area contributed by atoms with Crippen molar-refractivity contribution in [3.8, 4) is 0 Å². The summed E-state index contributed by atoms with van der Waals surface area (Å²) in [5.74, 6) is 0.884. The van der Waals surface area contributed by atoms with Crippen LogP contribution in [0.2, 0.25) is 0 Å². The maximum absolute atomic E-state index is 4.73. The minimum absolute atomic E-state index is 0.703. The van der Waals surface area contributed by atoms with Crippen molar-refractivity contribution in [1.29, 1.82) is 0 Å². The van der Waals surface area contributed by atoms with Crippen molar-refractivity contribution in [3.63, 3.8) is 0 Å². The summed E-state index contributed by atoms with van der Waals surface area (Å²) in [4.78, 5) is 7.37. The van der Waals surface area contributed by atoms with Gasteiger partial charge in [-0.3, -0.25) is 4.99 Å². The molecule has 22 heavy (non-hydrogen) atoms. The van der Waals surface area contributed by atoms with Crippen LogP contribution in [-0.4, -0.2) is 28.7 Å². The van der Waals surface area contributed by atoms with Gasteiger partial charge >= 0.3 is 0 Å². The first-order chi connectivity index (χ1) is 10.6. The van der Waals surface area contributed by atoms with E-state index in [1.165, 1.54) is 20.9 Å². The van der Waals surface area contributed by atoms with Crippen LogP contribution in [0.3, 0.4) is 0 Å². The molecule has 0 unspecified atom stereocenters. The van der Waals surface area contributed by atoms with Crippen LogP contribution in [0.25, 0.3) is 0 Å². The third kappa shape index (κ3) is 3.42. The predicted octanol–water partition coefficient (Wildman–Crippen LogP) is 4.30. The summed E-state index contributed by atoms with van der Waals surface area (Å²) in [6, 6.07) is 12.6. The molecular formula is C17H19N3S2. The first-order valence-electron chi connectivity index (χ1n) is 7.23. The minimum atomic E-state index is 0.703. The van der Waals surface area contributed by atoms with Gasteiger partial charge in [0.25, 0.3) is 0 Å². The second-order valence-corrected chi connectivity index (χ2v) is 7.67. The second kappa shape index (κ2) is 6.67. The molecule has 0 fully saturated rings. The van der Waals surface area contributed by atoms with Crippen LogP contribution in [0.15, 0.2) is 46.5 Å². The maximum atomic E-state index is 4.73. The van der Waals surface area contributed by atoms with E-state index in [9.17, 15) is 0 Å². The number of aliphatic imine (C=N–C) groups is 1. The Balaban J connectivity index is 1.75. The van der Waals surface area contributed by atoms with Gasteiger partial charge in [-0.2, -0.15) is 5.10 Å². The quantitative estimate of drug-likeness (QED) is 0.839. The van der Waals surface area contributed by atoms with Crippen molar-refractivity contribution >= 4 is 34.0 Å². The van der Waals surface area contributed by atoms with Crippen LogP contribution in [0.4, 0.5) is 0 Å². The van der Waals surface area contributed by atoms with Gasteiger partial charge in [0.15, 0.2) is 5.17 Å². The molecule has 0 saturated heterocycles. The van der Waals surface area contributed by atoms with Gasteiger partial charge in [0.2, 0.25) is 0 Å². The molecule has 0 atom stereocenters. The molecule has 0 radical (unpaired) electrons. The molecular weight excluding hydrogens is 310 g/mol. The molecule has 2 aromatic rings. The maximum Gasteiger partial charge on any atom is 0.180 e. The van der Waals surface area contributed by atoms with E-state index in [1.54, 1.807) is 11.8 Å². The SMILES string of the molecule is Cc1cc(C2=NN(C)C(=NCc3ccccc3)SC2)c(C)s1. The molecule has 0 N–H and O–H groups in total. The van der Waals surface area contributed by atoms with E-state index in [2.05, 4.69) is 32.0 Å². The average molecular weight is 329 g/mol. The van der Waals surface area contributed by atoms with E-state index < -0.39 is 0 Å². The van der Waals surface area contributed by atoms with Gasteiger partial charge in [0.1, 0.15) is 0 Å². The van der Waals surface area contributed by atoms with Gasteiger partial charge in [0.05, 0.1) is 12.3 Å². The number of hydrogen-bond acceptors (Lipinski definition) is 4. The van der Waals surface area contributed by atoms with Gasteiger partial charge in [-0.05, 0) is 25.5 Å². The Hall–Kier alpha value is -1.59. The van der Waals surface area contributed by atoms with E-state index in [0.29, 0.717) is 6.54 Å². The first kappa shape index (κ1) is 15.3. The molecule has 1 aromatic heterocycles. The van der Waals surface area contributed by atoms with E-state index >= 15 is 0 Å². The van der Waals surface area contributed by atoms with Crippen molar-refractivity contribution in [2.24, 2.45) is 10.1 Å². The zero-order chi connectivity index (χ0) is 15.5. The molecule has 0 spiro atoms. The molecule has 0 aliphatic carbocycles. The Labute approximate surface area is 139 Å². The van der Waals surface area contributed by atoms with Crippen molar-refractivity contribution in [3.05, 3.63) is 57.3 Å². The van der Waals surface area contributed by atoms with Crippen LogP contribution in [0.5, 0.6) is 0 Å². The molecule has 2 heterocycles. The van der Waals surface area contributed by atoms with Gasteiger partial charge in [0, 0.05) is 28.1 Å². The molecule has 114 valence electrons. The Kier molecular flexibility index (Phi) is 4.64. The molecule has 1 aromatic carbocycles. The lowest BCUT2D eigenvalue weighted by Crippen LogP contribution is -2.28. The molecule has 0 amide bonds. The number of hydrazone groups is 1. The van der Waals surface area contributed by atoms with Gasteiger partial charge in [-0.25, -0.2) is 5.01 Å². The number of thioether (sulfide) groups is 1. The highest BCUT2D eigenvalue weighted by molar-refractivity contribution is 8.14. The fourth-order valence-electron chi connectivity index (χ4n) is 2.42. The highest BCUT2D eigenvalue weighted by Crippen LogP contribution is 2.26. The number of nitrogens with zero attached hydrogens (tertiary/aromatic N) is 3. The summed E-state index contributed by atoms with van der Waals surface area (Å²) in [6.45, 7) is 5.02. The summed E-state index contributed by atoms with van der Waals surface area (Å²) in [5, 5.41) is 7.61. The molecule has 1 aliphatic rings. The normalized spacial score (nSPS) is 17.0. The van der Waals surface area contributed by atoms with Crippen LogP contribution in [0.1, 0.15) is 20.9 Å². The van der Waals surface area contributed by atoms with E-state index in [-0.39, 0.29) is 0 Å². The summed E-state index contributed by atoms with van der Waals surface area (Å²) in [7, 11) is 1.98. The second-order valence-electron chi connectivity index (χ2n) is 5.27. The highest BCUT2D eigenvalue weighted by atomic mass is 32.2. The Morgan fingerprint density at radius 3 is 2.64 bits per heavy atom. The lowest BCUT2D eigenvalue weighted by molar-refractivity contribution is 0.550.